The van der Waals surface area contributed by atoms with Gasteiger partial charge in [0, 0.05) is 23.9 Å². The third kappa shape index (κ3) is 2.30. The highest BCUT2D eigenvalue weighted by Crippen LogP contribution is 2.50. The molecule has 1 saturated carbocycles. The minimum Gasteiger partial charge on any atom is -0.480 e. The van der Waals surface area contributed by atoms with Gasteiger partial charge in [-0.05, 0) is 33.1 Å². The van der Waals surface area contributed by atoms with E-state index in [4.69, 9.17) is 4.52 Å². The quantitative estimate of drug-likeness (QED) is 0.920. The number of rotatable bonds is 4. The summed E-state index contributed by atoms with van der Waals surface area (Å²) in [6.07, 6.45) is 4.86. The Hall–Kier alpha value is -1.85. The molecule has 6 nitrogen and oxygen atoms in total. The van der Waals surface area contributed by atoms with E-state index in [1.54, 1.807) is 4.90 Å². The SMILES string of the molecule is Cc1noc(C)c1CCC(=O)N1CC2(CCCC2)C1C(=O)O. The third-order valence-corrected chi connectivity index (χ3v) is 5.30. The summed E-state index contributed by atoms with van der Waals surface area (Å²) in [6, 6.07) is -0.632. The first kappa shape index (κ1) is 15.1. The Morgan fingerprint density at radius 3 is 2.59 bits per heavy atom. The van der Waals surface area contributed by atoms with Crippen LogP contribution in [-0.4, -0.2) is 39.6 Å². The Labute approximate surface area is 129 Å². The molecule has 0 radical (unpaired) electrons. The zero-order valence-corrected chi connectivity index (χ0v) is 13.1. The van der Waals surface area contributed by atoms with Gasteiger partial charge >= 0.3 is 5.97 Å². The van der Waals surface area contributed by atoms with Crippen molar-refractivity contribution in [2.75, 3.05) is 6.54 Å². The van der Waals surface area contributed by atoms with Crippen LogP contribution in [0.2, 0.25) is 0 Å². The molecule has 1 spiro atoms. The Kier molecular flexibility index (Phi) is 3.70. The average Bonchev–Trinajstić information content (AvgIpc) is 3.03. The van der Waals surface area contributed by atoms with Crippen molar-refractivity contribution >= 4 is 11.9 Å². The van der Waals surface area contributed by atoms with Crippen LogP contribution in [-0.2, 0) is 16.0 Å². The van der Waals surface area contributed by atoms with Crippen LogP contribution in [0.3, 0.4) is 0 Å². The number of carbonyl (C=O) groups is 2. The van der Waals surface area contributed by atoms with Crippen molar-refractivity contribution in [1.29, 1.82) is 0 Å². The number of carboxylic acids is 1. The van der Waals surface area contributed by atoms with Gasteiger partial charge in [-0.2, -0.15) is 0 Å². The van der Waals surface area contributed by atoms with Crippen LogP contribution >= 0.6 is 0 Å². The summed E-state index contributed by atoms with van der Waals surface area (Å²) in [4.78, 5) is 25.5. The number of hydrogen-bond donors (Lipinski definition) is 1. The summed E-state index contributed by atoms with van der Waals surface area (Å²) in [6.45, 7) is 4.29. The molecule has 22 heavy (non-hydrogen) atoms. The first-order chi connectivity index (χ1) is 10.4. The molecule has 2 heterocycles. The van der Waals surface area contributed by atoms with E-state index in [1.165, 1.54) is 0 Å². The Morgan fingerprint density at radius 2 is 2.05 bits per heavy atom. The molecule has 1 aromatic heterocycles. The van der Waals surface area contributed by atoms with E-state index in [-0.39, 0.29) is 11.3 Å². The number of carboxylic acid groups (broad SMARTS) is 1. The summed E-state index contributed by atoms with van der Waals surface area (Å²) in [5.41, 5.74) is 1.59. The van der Waals surface area contributed by atoms with Gasteiger partial charge in [-0.15, -0.1) is 0 Å². The summed E-state index contributed by atoms with van der Waals surface area (Å²) < 4.78 is 5.09. The fourth-order valence-electron chi connectivity index (χ4n) is 4.11. The molecule has 2 fully saturated rings. The predicted octanol–water partition coefficient (Wildman–Crippen LogP) is 2.08. The normalized spacial score (nSPS) is 22.8. The molecule has 120 valence electrons. The highest BCUT2D eigenvalue weighted by Gasteiger charge is 2.58. The number of nitrogens with zero attached hydrogens (tertiary/aromatic N) is 2. The highest BCUT2D eigenvalue weighted by atomic mass is 16.5. The average molecular weight is 306 g/mol. The predicted molar refractivity (Wildman–Crippen MR) is 78.3 cm³/mol. The minimum absolute atomic E-state index is 0.0788. The molecule has 1 saturated heterocycles. The maximum atomic E-state index is 12.4. The molecule has 3 rings (SSSR count). The van der Waals surface area contributed by atoms with E-state index in [0.717, 1.165) is 42.7 Å². The van der Waals surface area contributed by atoms with Crippen LogP contribution in [0.25, 0.3) is 0 Å². The van der Waals surface area contributed by atoms with Crippen LogP contribution in [0.4, 0.5) is 0 Å². The lowest BCUT2D eigenvalue weighted by Gasteiger charge is -2.53. The van der Waals surface area contributed by atoms with Crippen LogP contribution in [0.1, 0.15) is 49.1 Å². The van der Waals surface area contributed by atoms with Gasteiger partial charge in [0.2, 0.25) is 5.91 Å². The van der Waals surface area contributed by atoms with Crippen LogP contribution in [0, 0.1) is 19.3 Å². The van der Waals surface area contributed by atoms with Crippen molar-refractivity contribution in [1.82, 2.24) is 10.1 Å². The van der Waals surface area contributed by atoms with Gasteiger partial charge in [-0.3, -0.25) is 4.79 Å². The number of aliphatic carboxylic acids is 1. The van der Waals surface area contributed by atoms with Crippen molar-refractivity contribution in [3.8, 4) is 0 Å². The number of aryl methyl sites for hydroxylation is 2. The van der Waals surface area contributed by atoms with Crippen LogP contribution in [0.15, 0.2) is 4.52 Å². The Balaban J connectivity index is 1.64. The molecular formula is C16H22N2O4. The van der Waals surface area contributed by atoms with Crippen molar-refractivity contribution in [3.63, 3.8) is 0 Å². The summed E-state index contributed by atoms with van der Waals surface area (Å²) in [5.74, 6) is -0.209. The maximum Gasteiger partial charge on any atom is 0.327 e. The standard InChI is InChI=1S/C16H22N2O4/c1-10-12(11(2)22-17-10)5-6-13(19)18-9-16(7-3-4-8-16)14(18)15(20)21/h14H,3-9H2,1-2H3,(H,20,21). The fourth-order valence-corrected chi connectivity index (χ4v) is 4.11. The van der Waals surface area contributed by atoms with Crippen molar-refractivity contribution in [3.05, 3.63) is 17.0 Å². The van der Waals surface area contributed by atoms with Crippen molar-refractivity contribution < 1.29 is 19.2 Å². The van der Waals surface area contributed by atoms with E-state index in [2.05, 4.69) is 5.16 Å². The second kappa shape index (κ2) is 5.41. The molecule has 1 N–H and O–H groups in total. The fraction of sp³-hybridized carbons (Fsp3) is 0.688. The monoisotopic (exact) mass is 306 g/mol. The van der Waals surface area contributed by atoms with Gasteiger partial charge in [0.1, 0.15) is 11.8 Å². The smallest absolute Gasteiger partial charge is 0.327 e. The maximum absolute atomic E-state index is 12.4. The van der Waals surface area contributed by atoms with Crippen LogP contribution in [0.5, 0.6) is 0 Å². The topological polar surface area (TPSA) is 83.6 Å². The molecular weight excluding hydrogens is 284 g/mol. The second-order valence-corrected chi connectivity index (χ2v) is 6.63. The highest BCUT2D eigenvalue weighted by molar-refractivity contribution is 5.86. The molecule has 1 aliphatic heterocycles. The van der Waals surface area contributed by atoms with Crippen molar-refractivity contribution in [2.24, 2.45) is 5.41 Å². The number of aromatic nitrogens is 1. The molecule has 1 aliphatic carbocycles. The van der Waals surface area contributed by atoms with Gasteiger partial charge in [-0.25, -0.2) is 4.79 Å². The number of hydrogen-bond acceptors (Lipinski definition) is 4. The van der Waals surface area contributed by atoms with Gasteiger partial charge in [0.15, 0.2) is 0 Å². The molecule has 1 atom stereocenters. The first-order valence-electron chi connectivity index (χ1n) is 7.89. The third-order valence-electron chi connectivity index (χ3n) is 5.30. The second-order valence-electron chi connectivity index (χ2n) is 6.63. The molecule has 1 amide bonds. The molecule has 1 aromatic rings. The molecule has 0 bridgehead atoms. The van der Waals surface area contributed by atoms with E-state index in [9.17, 15) is 14.7 Å². The Morgan fingerprint density at radius 1 is 1.36 bits per heavy atom. The van der Waals surface area contributed by atoms with Gasteiger partial charge in [0.05, 0.1) is 5.69 Å². The van der Waals surface area contributed by atoms with Gasteiger partial charge < -0.3 is 14.5 Å². The minimum atomic E-state index is -0.862. The van der Waals surface area contributed by atoms with Crippen molar-refractivity contribution in [2.45, 2.75) is 58.4 Å². The number of amides is 1. The molecule has 2 aliphatic rings. The zero-order valence-electron chi connectivity index (χ0n) is 13.1. The zero-order chi connectivity index (χ0) is 15.9. The van der Waals surface area contributed by atoms with E-state index in [0.29, 0.717) is 19.4 Å². The first-order valence-corrected chi connectivity index (χ1v) is 7.89. The molecule has 0 aromatic carbocycles. The number of carbonyl (C=O) groups excluding carboxylic acids is 1. The molecule has 6 heteroatoms. The van der Waals surface area contributed by atoms with Gasteiger partial charge in [-0.1, -0.05) is 18.0 Å². The van der Waals surface area contributed by atoms with Gasteiger partial charge in [0.25, 0.3) is 0 Å². The lowest BCUT2D eigenvalue weighted by molar-refractivity contribution is -0.175. The lowest BCUT2D eigenvalue weighted by Crippen LogP contribution is -2.68. The van der Waals surface area contributed by atoms with E-state index >= 15 is 0 Å². The largest absolute Gasteiger partial charge is 0.480 e. The summed E-state index contributed by atoms with van der Waals surface area (Å²) in [5, 5.41) is 13.4. The van der Waals surface area contributed by atoms with E-state index in [1.807, 2.05) is 13.8 Å². The lowest BCUT2D eigenvalue weighted by atomic mass is 9.70. The van der Waals surface area contributed by atoms with E-state index < -0.39 is 12.0 Å². The Bertz CT molecular complexity index is 582. The molecule has 1 unspecified atom stereocenters. The van der Waals surface area contributed by atoms with Crippen LogP contribution < -0.4 is 0 Å². The summed E-state index contributed by atoms with van der Waals surface area (Å²) in [7, 11) is 0. The summed E-state index contributed by atoms with van der Waals surface area (Å²) >= 11 is 0. The number of likely N-dealkylation sites (tertiary alicyclic amines) is 1.